The fraction of sp³-hybridized carbons (Fsp3) is 0.467. The monoisotopic (exact) mass is 365 g/mol. The van der Waals surface area contributed by atoms with Crippen LogP contribution < -0.4 is 16.8 Å². The van der Waals surface area contributed by atoms with E-state index in [-0.39, 0.29) is 5.70 Å². The number of nitrogens with zero attached hydrogens (tertiary/aromatic N) is 3. The Kier molecular flexibility index (Phi) is 6.55. The van der Waals surface area contributed by atoms with Crippen molar-refractivity contribution < 1.29 is 19.4 Å². The maximum atomic E-state index is 12.4. The van der Waals surface area contributed by atoms with E-state index in [4.69, 9.17) is 26.7 Å². The standard InChI is InChI=1S/C15H23N7O4/c16-7-10(8-17)13(18)11-1-2-22(15(25)19-9-12(23)24)14(11)20-21-3-5-26-6-4-21/h7-8,16H,1-6,9,17-18H2,(H,19,25)(H,23,24). The minimum absolute atomic E-state index is 0.267. The summed E-state index contributed by atoms with van der Waals surface area (Å²) in [6.45, 7) is 1.95. The minimum Gasteiger partial charge on any atom is -0.480 e. The number of carboxylic acid groups (broad SMARTS) is 1. The number of carbonyl (C=O) groups excluding carboxylic acids is 1. The van der Waals surface area contributed by atoms with Crippen LogP contribution in [0.3, 0.4) is 0 Å². The van der Waals surface area contributed by atoms with Crippen LogP contribution in [0.25, 0.3) is 0 Å². The van der Waals surface area contributed by atoms with Crippen LogP contribution in [0.5, 0.6) is 0 Å². The van der Waals surface area contributed by atoms with Gasteiger partial charge in [-0.1, -0.05) is 0 Å². The summed E-state index contributed by atoms with van der Waals surface area (Å²) in [6, 6.07) is -0.574. The lowest BCUT2D eigenvalue weighted by molar-refractivity contribution is -0.135. The summed E-state index contributed by atoms with van der Waals surface area (Å²) in [4.78, 5) is 24.4. The van der Waals surface area contributed by atoms with Gasteiger partial charge in [-0.2, -0.15) is 5.10 Å². The Morgan fingerprint density at radius 1 is 1.35 bits per heavy atom. The molecule has 2 aliphatic heterocycles. The van der Waals surface area contributed by atoms with E-state index in [1.165, 1.54) is 11.1 Å². The highest BCUT2D eigenvalue weighted by Crippen LogP contribution is 2.24. The van der Waals surface area contributed by atoms with Gasteiger partial charge in [-0.25, -0.2) is 4.79 Å². The van der Waals surface area contributed by atoms with Crippen LogP contribution in [0.2, 0.25) is 0 Å². The molecule has 7 N–H and O–H groups in total. The van der Waals surface area contributed by atoms with E-state index < -0.39 is 18.5 Å². The molecule has 2 heterocycles. The van der Waals surface area contributed by atoms with Gasteiger partial charge in [-0.3, -0.25) is 14.7 Å². The molecule has 142 valence electrons. The Morgan fingerprint density at radius 2 is 2.04 bits per heavy atom. The summed E-state index contributed by atoms with van der Waals surface area (Å²) in [5.74, 6) is -0.815. The number of hydrogen-bond donors (Lipinski definition) is 5. The third-order valence-electron chi connectivity index (χ3n) is 3.94. The number of amidine groups is 1. The van der Waals surface area contributed by atoms with E-state index in [0.29, 0.717) is 56.3 Å². The Bertz CT molecular complexity index is 665. The Hall–Kier alpha value is -3.08. The van der Waals surface area contributed by atoms with Crippen molar-refractivity contribution in [3.8, 4) is 0 Å². The van der Waals surface area contributed by atoms with Gasteiger partial charge in [0.25, 0.3) is 0 Å². The average Bonchev–Trinajstić information content (AvgIpc) is 3.05. The van der Waals surface area contributed by atoms with E-state index >= 15 is 0 Å². The number of morpholine rings is 1. The van der Waals surface area contributed by atoms with Crippen molar-refractivity contribution >= 4 is 24.1 Å². The van der Waals surface area contributed by atoms with Crippen LogP contribution in [-0.2, 0) is 9.53 Å². The number of amides is 2. The molecule has 0 saturated carbocycles. The second-order valence-corrected chi connectivity index (χ2v) is 5.60. The number of aliphatic carboxylic acids is 1. The number of nitrogens with one attached hydrogen (secondary N) is 2. The van der Waals surface area contributed by atoms with E-state index in [0.717, 1.165) is 6.21 Å². The van der Waals surface area contributed by atoms with Crippen molar-refractivity contribution in [2.24, 2.45) is 16.6 Å². The Morgan fingerprint density at radius 3 is 2.62 bits per heavy atom. The number of hydrogen-bond acceptors (Lipinski definition) is 8. The van der Waals surface area contributed by atoms with Crippen molar-refractivity contribution in [1.82, 2.24) is 15.2 Å². The lowest BCUT2D eigenvalue weighted by Gasteiger charge is -2.26. The highest BCUT2D eigenvalue weighted by molar-refractivity contribution is 6.10. The molecular weight excluding hydrogens is 342 g/mol. The van der Waals surface area contributed by atoms with Crippen molar-refractivity contribution in [2.75, 3.05) is 39.4 Å². The number of likely N-dealkylation sites (tertiary alicyclic amines) is 1. The van der Waals surface area contributed by atoms with Gasteiger partial charge in [-0.15, -0.1) is 0 Å². The fourth-order valence-electron chi connectivity index (χ4n) is 2.60. The van der Waals surface area contributed by atoms with E-state index in [9.17, 15) is 9.59 Å². The van der Waals surface area contributed by atoms with Crippen molar-refractivity contribution in [1.29, 1.82) is 5.41 Å². The minimum atomic E-state index is -1.14. The summed E-state index contributed by atoms with van der Waals surface area (Å²) >= 11 is 0. The molecule has 0 spiro atoms. The van der Waals surface area contributed by atoms with Crippen molar-refractivity contribution in [3.63, 3.8) is 0 Å². The summed E-state index contributed by atoms with van der Waals surface area (Å²) in [6.07, 6.45) is 2.66. The largest absolute Gasteiger partial charge is 0.480 e. The van der Waals surface area contributed by atoms with Crippen LogP contribution in [0.1, 0.15) is 6.42 Å². The number of hydrazone groups is 1. The second kappa shape index (κ2) is 8.85. The molecule has 0 radical (unpaired) electrons. The van der Waals surface area contributed by atoms with Crippen LogP contribution in [0, 0.1) is 5.41 Å². The second-order valence-electron chi connectivity index (χ2n) is 5.60. The predicted molar refractivity (Wildman–Crippen MR) is 94.5 cm³/mol. The zero-order valence-electron chi connectivity index (χ0n) is 14.3. The summed E-state index contributed by atoms with van der Waals surface area (Å²) in [5, 5.41) is 24.8. The van der Waals surface area contributed by atoms with Crippen molar-refractivity contribution in [2.45, 2.75) is 6.42 Å². The van der Waals surface area contributed by atoms with Crippen LogP contribution in [0.4, 0.5) is 4.79 Å². The van der Waals surface area contributed by atoms with E-state index in [1.54, 1.807) is 5.01 Å². The number of rotatable bonds is 5. The fourth-order valence-corrected chi connectivity index (χ4v) is 2.60. The quantitative estimate of drug-likeness (QED) is 0.382. The third-order valence-corrected chi connectivity index (χ3v) is 3.94. The molecule has 2 saturated heterocycles. The molecule has 2 amide bonds. The number of carboxylic acids is 1. The molecule has 0 aromatic rings. The smallest absolute Gasteiger partial charge is 0.323 e. The van der Waals surface area contributed by atoms with Gasteiger partial charge in [0.15, 0.2) is 5.84 Å². The number of allylic oxidation sites excluding steroid dienone is 1. The lowest BCUT2D eigenvalue weighted by Crippen LogP contribution is -2.44. The molecule has 0 aromatic heterocycles. The molecule has 0 atom stereocenters. The number of urea groups is 1. The first-order valence-corrected chi connectivity index (χ1v) is 8.08. The highest BCUT2D eigenvalue weighted by Gasteiger charge is 2.32. The van der Waals surface area contributed by atoms with Gasteiger partial charge in [0.2, 0.25) is 0 Å². The Balaban J connectivity index is 2.35. The molecule has 2 rings (SSSR count). The zero-order valence-corrected chi connectivity index (χ0v) is 14.3. The van der Waals surface area contributed by atoms with Crippen LogP contribution in [-0.4, -0.2) is 78.5 Å². The number of ether oxygens (including phenoxy) is 1. The maximum absolute atomic E-state index is 12.4. The molecule has 11 heteroatoms. The molecule has 0 aliphatic carbocycles. The third kappa shape index (κ3) is 4.51. The van der Waals surface area contributed by atoms with E-state index in [2.05, 4.69) is 10.4 Å². The summed E-state index contributed by atoms with van der Waals surface area (Å²) in [7, 11) is 0. The normalized spacial score (nSPS) is 21.7. The Labute approximate surface area is 150 Å². The molecule has 2 aliphatic rings. The molecule has 2 fully saturated rings. The lowest BCUT2D eigenvalue weighted by atomic mass is 10.1. The van der Waals surface area contributed by atoms with Gasteiger partial charge in [0, 0.05) is 35.8 Å². The van der Waals surface area contributed by atoms with Gasteiger partial charge in [-0.05, 0) is 6.42 Å². The first-order chi connectivity index (χ1) is 12.5. The topological polar surface area (TPSA) is 170 Å². The molecule has 0 aromatic carbocycles. The summed E-state index contributed by atoms with van der Waals surface area (Å²) < 4.78 is 5.29. The number of nitrogens with two attached hydrogens (primary N) is 2. The van der Waals surface area contributed by atoms with Crippen molar-refractivity contribution in [3.05, 3.63) is 23.0 Å². The molecule has 26 heavy (non-hydrogen) atoms. The average molecular weight is 365 g/mol. The SMILES string of the molecule is N=CC(=CN)C(N)=C1CCN(C(=O)NCC(=O)O)C1=NN1CCOCC1. The maximum Gasteiger partial charge on any atom is 0.323 e. The number of carbonyl (C=O) groups is 2. The van der Waals surface area contributed by atoms with Crippen LogP contribution in [0.15, 0.2) is 28.1 Å². The van der Waals surface area contributed by atoms with E-state index in [1.807, 2.05) is 0 Å². The predicted octanol–water partition coefficient (Wildman–Crippen LogP) is -1.16. The van der Waals surface area contributed by atoms with Gasteiger partial charge < -0.3 is 32.0 Å². The molecular formula is C15H23N7O4. The van der Waals surface area contributed by atoms with Gasteiger partial charge in [0.1, 0.15) is 6.54 Å². The molecule has 11 nitrogen and oxygen atoms in total. The highest BCUT2D eigenvalue weighted by atomic mass is 16.5. The van der Waals surface area contributed by atoms with Gasteiger partial charge in [0.05, 0.1) is 26.3 Å². The van der Waals surface area contributed by atoms with Gasteiger partial charge >= 0.3 is 12.0 Å². The molecule has 0 unspecified atom stereocenters. The molecule has 0 bridgehead atoms. The first-order valence-electron chi connectivity index (χ1n) is 8.08. The summed E-state index contributed by atoms with van der Waals surface area (Å²) in [5.41, 5.74) is 12.8. The zero-order chi connectivity index (χ0) is 19.1. The first kappa shape index (κ1) is 19.2. The van der Waals surface area contributed by atoms with Crippen LogP contribution >= 0.6 is 0 Å².